The summed E-state index contributed by atoms with van der Waals surface area (Å²) in [5.74, 6) is 1.29. The van der Waals surface area contributed by atoms with E-state index in [4.69, 9.17) is 9.72 Å². The van der Waals surface area contributed by atoms with Crippen molar-refractivity contribution < 1.29 is 9.84 Å². The van der Waals surface area contributed by atoms with Crippen molar-refractivity contribution in [2.24, 2.45) is 5.92 Å². The van der Waals surface area contributed by atoms with Gasteiger partial charge in [0, 0.05) is 13.1 Å². The third kappa shape index (κ3) is 3.20. The van der Waals surface area contributed by atoms with Crippen LogP contribution in [0.15, 0.2) is 18.2 Å². The Morgan fingerprint density at radius 2 is 2.09 bits per heavy atom. The van der Waals surface area contributed by atoms with Crippen molar-refractivity contribution in [2.45, 2.75) is 39.2 Å². The fraction of sp³-hybridized carbons (Fsp3) is 0.588. The fourth-order valence-electron chi connectivity index (χ4n) is 3.06. The molecule has 1 N–H and O–H groups in total. The van der Waals surface area contributed by atoms with Crippen LogP contribution in [0.1, 0.15) is 33.6 Å². The van der Waals surface area contributed by atoms with E-state index >= 15 is 0 Å². The molecular weight excluding hydrogens is 296 g/mol. The second kappa shape index (κ2) is 6.05. The molecule has 0 unspecified atom stereocenters. The Bertz CT molecular complexity index is 640. The van der Waals surface area contributed by atoms with Crippen molar-refractivity contribution in [2.75, 3.05) is 24.6 Å². The largest absolute Gasteiger partial charge is 0.494 e. The minimum atomic E-state index is -0.577. The number of benzene rings is 1. The van der Waals surface area contributed by atoms with Crippen molar-refractivity contribution in [3.63, 3.8) is 0 Å². The van der Waals surface area contributed by atoms with Gasteiger partial charge in [-0.2, -0.15) is 0 Å². The van der Waals surface area contributed by atoms with Gasteiger partial charge in [0.25, 0.3) is 0 Å². The first-order valence-electron chi connectivity index (χ1n) is 7.98. The summed E-state index contributed by atoms with van der Waals surface area (Å²) in [4.78, 5) is 7.09. The number of rotatable bonds is 4. The lowest BCUT2D eigenvalue weighted by Crippen LogP contribution is -2.41. The van der Waals surface area contributed by atoms with Gasteiger partial charge in [0.2, 0.25) is 0 Å². The maximum absolute atomic E-state index is 10.1. The smallest absolute Gasteiger partial charge is 0.186 e. The number of hydrogen-bond donors (Lipinski definition) is 1. The van der Waals surface area contributed by atoms with Gasteiger partial charge in [-0.15, -0.1) is 0 Å². The second-order valence-electron chi connectivity index (χ2n) is 6.47. The minimum absolute atomic E-state index is 0.377. The topological polar surface area (TPSA) is 45.6 Å². The van der Waals surface area contributed by atoms with E-state index in [-0.39, 0.29) is 0 Å². The molecule has 0 saturated carbocycles. The number of fused-ring (bicyclic) bond motifs is 1. The summed E-state index contributed by atoms with van der Waals surface area (Å²) >= 11 is 1.72. The molecule has 120 valence electrons. The molecule has 0 atom stereocenters. The van der Waals surface area contributed by atoms with Crippen LogP contribution in [0, 0.1) is 5.92 Å². The first-order valence-corrected chi connectivity index (χ1v) is 8.79. The molecule has 1 aliphatic heterocycles. The van der Waals surface area contributed by atoms with E-state index in [1.807, 2.05) is 32.9 Å². The predicted molar refractivity (Wildman–Crippen MR) is 92.0 cm³/mol. The van der Waals surface area contributed by atoms with Crippen molar-refractivity contribution >= 4 is 26.7 Å². The maximum Gasteiger partial charge on any atom is 0.186 e. The van der Waals surface area contributed by atoms with Crippen LogP contribution in [0.3, 0.4) is 0 Å². The van der Waals surface area contributed by atoms with E-state index in [1.165, 1.54) is 4.70 Å². The molecule has 0 amide bonds. The number of anilines is 1. The zero-order valence-corrected chi connectivity index (χ0v) is 14.3. The molecule has 0 radical (unpaired) electrons. The van der Waals surface area contributed by atoms with Gasteiger partial charge in [0.05, 0.1) is 22.4 Å². The summed E-state index contributed by atoms with van der Waals surface area (Å²) in [6, 6.07) is 6.09. The Morgan fingerprint density at radius 1 is 1.36 bits per heavy atom. The lowest BCUT2D eigenvalue weighted by molar-refractivity contribution is 0.00651. The molecule has 1 saturated heterocycles. The maximum atomic E-state index is 10.1. The van der Waals surface area contributed by atoms with Crippen LogP contribution >= 0.6 is 11.3 Å². The van der Waals surface area contributed by atoms with Crippen molar-refractivity contribution in [3.8, 4) is 5.75 Å². The van der Waals surface area contributed by atoms with Crippen molar-refractivity contribution in [1.82, 2.24) is 4.98 Å². The van der Waals surface area contributed by atoms with Crippen LogP contribution < -0.4 is 9.64 Å². The van der Waals surface area contributed by atoms with Crippen LogP contribution in [0.5, 0.6) is 5.75 Å². The average molecular weight is 320 g/mol. The molecule has 0 bridgehead atoms. The van der Waals surface area contributed by atoms with Gasteiger partial charge in [-0.25, -0.2) is 4.98 Å². The number of nitrogens with zero attached hydrogens (tertiary/aromatic N) is 2. The summed E-state index contributed by atoms with van der Waals surface area (Å²) < 4.78 is 6.73. The van der Waals surface area contributed by atoms with Crippen LogP contribution in [-0.2, 0) is 0 Å². The third-order valence-electron chi connectivity index (χ3n) is 4.42. The van der Waals surface area contributed by atoms with Gasteiger partial charge in [-0.3, -0.25) is 0 Å². The first-order chi connectivity index (χ1) is 10.5. The monoisotopic (exact) mass is 320 g/mol. The molecule has 1 fully saturated rings. The average Bonchev–Trinajstić information content (AvgIpc) is 2.90. The van der Waals surface area contributed by atoms with Crippen LogP contribution in [0.4, 0.5) is 5.13 Å². The molecular formula is C17H24N2O2S. The Morgan fingerprint density at radius 3 is 2.73 bits per heavy atom. The van der Waals surface area contributed by atoms with Crippen molar-refractivity contribution in [3.05, 3.63) is 18.2 Å². The molecule has 1 aromatic heterocycles. The molecule has 1 aromatic carbocycles. The SMILES string of the molecule is CCOc1ccc2nc(N3CCC(C(C)(C)O)CC3)sc2c1. The molecule has 0 aliphatic carbocycles. The molecule has 3 rings (SSSR count). The molecule has 5 heteroatoms. The van der Waals surface area contributed by atoms with Crippen molar-refractivity contribution in [1.29, 1.82) is 0 Å². The lowest BCUT2D eigenvalue weighted by atomic mass is 9.83. The summed E-state index contributed by atoms with van der Waals surface area (Å²) in [6.45, 7) is 8.44. The Balaban J connectivity index is 1.74. The third-order valence-corrected chi connectivity index (χ3v) is 5.50. The first kappa shape index (κ1) is 15.6. The van der Waals surface area contributed by atoms with E-state index in [1.54, 1.807) is 11.3 Å². The number of piperidine rings is 1. The summed E-state index contributed by atoms with van der Waals surface area (Å²) in [5.41, 5.74) is 0.458. The van der Waals surface area contributed by atoms with Gasteiger partial charge in [0.1, 0.15) is 5.75 Å². The van der Waals surface area contributed by atoms with E-state index in [0.29, 0.717) is 12.5 Å². The van der Waals surface area contributed by atoms with Gasteiger partial charge < -0.3 is 14.7 Å². The number of hydrogen-bond acceptors (Lipinski definition) is 5. The summed E-state index contributed by atoms with van der Waals surface area (Å²) in [7, 11) is 0. The number of aromatic nitrogens is 1. The Kier molecular flexibility index (Phi) is 4.28. The molecule has 2 heterocycles. The highest BCUT2D eigenvalue weighted by atomic mass is 32.1. The standard InChI is InChI=1S/C17H24N2O2S/c1-4-21-13-5-6-14-15(11-13)22-16(18-14)19-9-7-12(8-10-19)17(2,3)20/h5-6,11-12,20H,4,7-10H2,1-3H3. The number of thiazole rings is 1. The van der Waals surface area contributed by atoms with E-state index in [9.17, 15) is 5.11 Å². The zero-order chi connectivity index (χ0) is 15.7. The Labute approximate surface area is 135 Å². The fourth-order valence-corrected chi connectivity index (χ4v) is 4.11. The normalized spacial score (nSPS) is 17.2. The van der Waals surface area contributed by atoms with E-state index < -0.39 is 5.60 Å². The highest BCUT2D eigenvalue weighted by Gasteiger charge is 2.31. The highest BCUT2D eigenvalue weighted by Crippen LogP contribution is 2.35. The van der Waals surface area contributed by atoms with Gasteiger partial charge in [-0.05, 0) is 57.7 Å². The minimum Gasteiger partial charge on any atom is -0.494 e. The predicted octanol–water partition coefficient (Wildman–Crippen LogP) is 3.68. The zero-order valence-electron chi connectivity index (χ0n) is 13.5. The summed E-state index contributed by atoms with van der Waals surface area (Å²) in [6.07, 6.45) is 2.03. The molecule has 0 spiro atoms. The molecule has 22 heavy (non-hydrogen) atoms. The van der Waals surface area contributed by atoms with Gasteiger partial charge >= 0.3 is 0 Å². The molecule has 2 aromatic rings. The number of aliphatic hydroxyl groups is 1. The van der Waals surface area contributed by atoms with Crippen LogP contribution in [-0.4, -0.2) is 35.4 Å². The van der Waals surface area contributed by atoms with E-state index in [0.717, 1.165) is 42.3 Å². The van der Waals surface area contributed by atoms with Crippen LogP contribution in [0.25, 0.3) is 10.2 Å². The Hall–Kier alpha value is -1.33. The van der Waals surface area contributed by atoms with Crippen LogP contribution in [0.2, 0.25) is 0 Å². The highest BCUT2D eigenvalue weighted by molar-refractivity contribution is 7.22. The molecule has 1 aliphatic rings. The lowest BCUT2D eigenvalue weighted by Gasteiger charge is -2.37. The second-order valence-corrected chi connectivity index (χ2v) is 7.48. The molecule has 4 nitrogen and oxygen atoms in total. The quantitative estimate of drug-likeness (QED) is 0.933. The number of ether oxygens (including phenoxy) is 1. The van der Waals surface area contributed by atoms with Gasteiger partial charge in [-0.1, -0.05) is 11.3 Å². The van der Waals surface area contributed by atoms with E-state index in [2.05, 4.69) is 11.0 Å². The summed E-state index contributed by atoms with van der Waals surface area (Å²) in [5, 5.41) is 11.2. The van der Waals surface area contributed by atoms with Gasteiger partial charge in [0.15, 0.2) is 5.13 Å².